The molecule has 4 aromatic rings. The molecule has 5 heteroatoms. The Morgan fingerprint density at radius 3 is 2.23 bits per heavy atom. The Bertz CT molecular complexity index is 1120. The van der Waals surface area contributed by atoms with E-state index in [0.717, 1.165) is 43.2 Å². The van der Waals surface area contributed by atoms with Crippen molar-refractivity contribution in [2.75, 3.05) is 31.1 Å². The molecule has 4 heterocycles. The highest BCUT2D eigenvalue weighted by Gasteiger charge is 2.29. The molecule has 0 spiro atoms. The first-order valence-corrected chi connectivity index (χ1v) is 10.5. The topological polar surface area (TPSA) is 45.2 Å². The van der Waals surface area contributed by atoms with Crippen LogP contribution in [0.3, 0.4) is 0 Å². The minimum Gasteiger partial charge on any atom is -0.354 e. The van der Waals surface area contributed by atoms with Gasteiger partial charge in [0.15, 0.2) is 0 Å². The summed E-state index contributed by atoms with van der Waals surface area (Å²) in [7, 11) is 0. The maximum absolute atomic E-state index is 4.74. The summed E-state index contributed by atoms with van der Waals surface area (Å²) in [6.07, 6.45) is 5.63. The molecule has 0 saturated carbocycles. The molecule has 0 amide bonds. The van der Waals surface area contributed by atoms with Crippen molar-refractivity contribution >= 4 is 16.7 Å². The number of anilines is 1. The average molecular weight is 396 g/mol. The molecule has 5 nitrogen and oxygen atoms in total. The fraction of sp³-hybridized carbons (Fsp3) is 0.240. The van der Waals surface area contributed by atoms with Gasteiger partial charge in [-0.1, -0.05) is 30.3 Å². The minimum atomic E-state index is 0.114. The molecule has 5 rings (SSSR count). The van der Waals surface area contributed by atoms with Crippen LogP contribution in [0, 0.1) is 6.92 Å². The maximum atomic E-state index is 4.74. The zero-order valence-corrected chi connectivity index (χ0v) is 17.1. The third-order valence-corrected chi connectivity index (χ3v) is 5.98. The molecule has 1 saturated heterocycles. The van der Waals surface area contributed by atoms with E-state index in [2.05, 4.69) is 69.2 Å². The van der Waals surface area contributed by atoms with Gasteiger partial charge < -0.3 is 4.90 Å². The smallest absolute Gasteiger partial charge is 0.128 e. The molecule has 1 fully saturated rings. The third-order valence-electron chi connectivity index (χ3n) is 5.98. The fourth-order valence-electron chi connectivity index (χ4n) is 4.43. The molecule has 1 aromatic carbocycles. The van der Waals surface area contributed by atoms with E-state index in [1.807, 2.05) is 36.8 Å². The standard InChI is InChI=1S/C25H25N5/c1-19-21(11-10-20-7-6-14-28-24(19)20)25(22-8-2-4-12-26-22)30-17-15-29(16-18-30)23-9-3-5-13-27-23/h2-14,25H,15-18H2,1H3. The molecule has 1 aliphatic heterocycles. The van der Waals surface area contributed by atoms with Gasteiger partial charge in [-0.2, -0.15) is 0 Å². The summed E-state index contributed by atoms with van der Waals surface area (Å²) in [5, 5.41) is 1.18. The second-order valence-corrected chi connectivity index (χ2v) is 7.72. The first-order valence-electron chi connectivity index (χ1n) is 10.5. The van der Waals surface area contributed by atoms with Crippen molar-refractivity contribution in [3.63, 3.8) is 0 Å². The van der Waals surface area contributed by atoms with Crippen LogP contribution in [0.4, 0.5) is 5.82 Å². The van der Waals surface area contributed by atoms with Gasteiger partial charge >= 0.3 is 0 Å². The Morgan fingerprint density at radius 1 is 0.733 bits per heavy atom. The number of fused-ring (bicyclic) bond motifs is 1. The quantitative estimate of drug-likeness (QED) is 0.517. The van der Waals surface area contributed by atoms with Crippen LogP contribution < -0.4 is 4.90 Å². The van der Waals surface area contributed by atoms with Gasteiger partial charge in [-0.3, -0.25) is 14.9 Å². The van der Waals surface area contributed by atoms with Gasteiger partial charge in [0.2, 0.25) is 0 Å². The number of pyridine rings is 3. The lowest BCUT2D eigenvalue weighted by Gasteiger charge is -2.40. The summed E-state index contributed by atoms with van der Waals surface area (Å²) in [6, 6.07) is 21.0. The van der Waals surface area contributed by atoms with E-state index < -0.39 is 0 Å². The van der Waals surface area contributed by atoms with Crippen molar-refractivity contribution in [1.82, 2.24) is 19.9 Å². The molecule has 1 unspecified atom stereocenters. The van der Waals surface area contributed by atoms with Gasteiger partial charge in [0.1, 0.15) is 5.82 Å². The normalized spacial score (nSPS) is 16.0. The molecule has 150 valence electrons. The lowest BCUT2D eigenvalue weighted by molar-refractivity contribution is 0.208. The monoisotopic (exact) mass is 395 g/mol. The van der Waals surface area contributed by atoms with Crippen LogP contribution in [-0.4, -0.2) is 46.0 Å². The minimum absolute atomic E-state index is 0.114. The molecule has 0 bridgehead atoms. The molecule has 1 atom stereocenters. The second-order valence-electron chi connectivity index (χ2n) is 7.72. The van der Waals surface area contributed by atoms with Crippen molar-refractivity contribution in [3.05, 3.63) is 96.1 Å². The Balaban J connectivity index is 1.49. The summed E-state index contributed by atoms with van der Waals surface area (Å²) in [6.45, 7) is 6.00. The highest BCUT2D eigenvalue weighted by atomic mass is 15.3. The summed E-state index contributed by atoms with van der Waals surface area (Å²) in [5.41, 5.74) is 4.67. The lowest BCUT2D eigenvalue weighted by atomic mass is 9.94. The first-order chi connectivity index (χ1) is 14.8. The highest BCUT2D eigenvalue weighted by Crippen LogP contribution is 2.33. The van der Waals surface area contributed by atoms with Crippen LogP contribution >= 0.6 is 0 Å². The Kier molecular flexibility index (Phi) is 5.11. The Morgan fingerprint density at radius 2 is 1.50 bits per heavy atom. The number of hydrogen-bond acceptors (Lipinski definition) is 5. The van der Waals surface area contributed by atoms with Gasteiger partial charge in [0.05, 0.1) is 17.3 Å². The molecule has 0 N–H and O–H groups in total. The average Bonchev–Trinajstić information content (AvgIpc) is 2.83. The summed E-state index contributed by atoms with van der Waals surface area (Å²) in [5.74, 6) is 1.05. The highest BCUT2D eigenvalue weighted by molar-refractivity contribution is 5.82. The van der Waals surface area contributed by atoms with Crippen molar-refractivity contribution in [2.45, 2.75) is 13.0 Å². The molecule has 3 aromatic heterocycles. The number of benzene rings is 1. The molecule has 0 radical (unpaired) electrons. The van der Waals surface area contributed by atoms with E-state index in [9.17, 15) is 0 Å². The van der Waals surface area contributed by atoms with Crippen LogP contribution in [0.25, 0.3) is 10.9 Å². The van der Waals surface area contributed by atoms with Crippen molar-refractivity contribution in [2.24, 2.45) is 0 Å². The zero-order valence-electron chi connectivity index (χ0n) is 17.1. The van der Waals surface area contributed by atoms with Crippen LogP contribution in [0.5, 0.6) is 0 Å². The van der Waals surface area contributed by atoms with Gasteiger partial charge in [-0.15, -0.1) is 0 Å². The van der Waals surface area contributed by atoms with Crippen LogP contribution in [0.2, 0.25) is 0 Å². The zero-order chi connectivity index (χ0) is 20.3. The van der Waals surface area contributed by atoms with E-state index in [4.69, 9.17) is 4.98 Å². The van der Waals surface area contributed by atoms with Gasteiger partial charge in [0.25, 0.3) is 0 Å². The second kappa shape index (κ2) is 8.20. The Labute approximate surface area is 177 Å². The lowest BCUT2D eigenvalue weighted by Crippen LogP contribution is -2.48. The van der Waals surface area contributed by atoms with E-state index in [-0.39, 0.29) is 6.04 Å². The first kappa shape index (κ1) is 18.7. The number of hydrogen-bond donors (Lipinski definition) is 0. The van der Waals surface area contributed by atoms with E-state index in [1.54, 1.807) is 0 Å². The van der Waals surface area contributed by atoms with Crippen molar-refractivity contribution in [3.8, 4) is 0 Å². The third kappa shape index (κ3) is 3.53. The fourth-order valence-corrected chi connectivity index (χ4v) is 4.43. The number of aryl methyl sites for hydroxylation is 1. The molecular formula is C25H25N5. The Hall–Kier alpha value is -3.31. The number of aromatic nitrogens is 3. The molecule has 1 aliphatic rings. The molecule has 0 aliphatic carbocycles. The van der Waals surface area contributed by atoms with Gasteiger partial charge in [-0.05, 0) is 48.4 Å². The largest absolute Gasteiger partial charge is 0.354 e. The van der Waals surface area contributed by atoms with E-state index in [0.29, 0.717) is 0 Å². The summed E-state index contributed by atoms with van der Waals surface area (Å²) < 4.78 is 0. The van der Waals surface area contributed by atoms with Crippen LogP contribution in [-0.2, 0) is 0 Å². The number of rotatable bonds is 4. The summed E-state index contributed by atoms with van der Waals surface area (Å²) in [4.78, 5) is 18.8. The predicted molar refractivity (Wildman–Crippen MR) is 121 cm³/mol. The molecule has 30 heavy (non-hydrogen) atoms. The SMILES string of the molecule is Cc1c(C(c2ccccn2)N2CCN(c3ccccn3)CC2)ccc2cccnc12. The van der Waals surface area contributed by atoms with Gasteiger partial charge in [-0.25, -0.2) is 4.98 Å². The van der Waals surface area contributed by atoms with Gasteiger partial charge in [0, 0.05) is 50.2 Å². The predicted octanol–water partition coefficient (Wildman–Crippen LogP) is 4.24. The number of piperazine rings is 1. The van der Waals surface area contributed by atoms with E-state index >= 15 is 0 Å². The van der Waals surface area contributed by atoms with Crippen LogP contribution in [0.1, 0.15) is 22.9 Å². The number of nitrogens with zero attached hydrogens (tertiary/aromatic N) is 5. The van der Waals surface area contributed by atoms with E-state index in [1.165, 1.54) is 16.5 Å². The summed E-state index contributed by atoms with van der Waals surface area (Å²) >= 11 is 0. The molecular weight excluding hydrogens is 370 g/mol. The van der Waals surface area contributed by atoms with Crippen molar-refractivity contribution in [1.29, 1.82) is 0 Å². The van der Waals surface area contributed by atoms with Crippen molar-refractivity contribution < 1.29 is 0 Å². The maximum Gasteiger partial charge on any atom is 0.128 e. The van der Waals surface area contributed by atoms with Crippen LogP contribution in [0.15, 0.2) is 79.3 Å².